The van der Waals surface area contributed by atoms with Crippen LogP contribution in [0, 0.1) is 5.82 Å². The van der Waals surface area contributed by atoms with Gasteiger partial charge in [0.05, 0.1) is 0 Å². The van der Waals surface area contributed by atoms with E-state index >= 15 is 0 Å². The van der Waals surface area contributed by atoms with Crippen molar-refractivity contribution in [3.05, 3.63) is 30.1 Å². The van der Waals surface area contributed by atoms with Gasteiger partial charge < -0.3 is 15.2 Å². The number of ether oxygens (including phenoxy) is 1. The molecular formula is C15H20FNO4S. The second-order valence-corrected chi connectivity index (χ2v) is 6.20. The van der Waals surface area contributed by atoms with Crippen LogP contribution in [0.3, 0.4) is 0 Å². The summed E-state index contributed by atoms with van der Waals surface area (Å²) in [6.45, 7) is 3.05. The van der Waals surface area contributed by atoms with E-state index in [1.807, 2.05) is 6.26 Å². The molecule has 1 rings (SSSR count). The monoisotopic (exact) mass is 329 g/mol. The number of hydrogen-bond donors (Lipinski definition) is 2. The molecule has 2 N–H and O–H groups in total. The number of benzene rings is 1. The highest BCUT2D eigenvalue weighted by Crippen LogP contribution is 2.19. The summed E-state index contributed by atoms with van der Waals surface area (Å²) < 4.78 is 18.4. The lowest BCUT2D eigenvalue weighted by atomic mass is 10.1. The summed E-state index contributed by atoms with van der Waals surface area (Å²) >= 11 is 1.50. The van der Waals surface area contributed by atoms with Crippen molar-refractivity contribution in [1.29, 1.82) is 0 Å². The third-order valence-electron chi connectivity index (χ3n) is 2.95. The molecule has 122 valence electrons. The maximum Gasteiger partial charge on any atom is 0.326 e. The van der Waals surface area contributed by atoms with Gasteiger partial charge in [-0.1, -0.05) is 0 Å². The molecule has 0 aliphatic carbocycles. The molecular weight excluding hydrogens is 309 g/mol. The Bertz CT molecular complexity index is 519. The summed E-state index contributed by atoms with van der Waals surface area (Å²) in [5, 5.41) is 11.6. The quantitative estimate of drug-likeness (QED) is 0.765. The zero-order valence-electron chi connectivity index (χ0n) is 12.8. The predicted molar refractivity (Wildman–Crippen MR) is 83.7 cm³/mol. The molecule has 1 unspecified atom stereocenters. The Hall–Kier alpha value is -1.76. The summed E-state index contributed by atoms with van der Waals surface area (Å²) in [5.74, 6) is -1.07. The highest BCUT2D eigenvalue weighted by Gasteiger charge is 2.33. The van der Waals surface area contributed by atoms with Gasteiger partial charge in [0, 0.05) is 0 Å². The van der Waals surface area contributed by atoms with Gasteiger partial charge in [-0.3, -0.25) is 4.79 Å². The van der Waals surface area contributed by atoms with E-state index < -0.39 is 29.3 Å². The van der Waals surface area contributed by atoms with Crippen molar-refractivity contribution in [3.63, 3.8) is 0 Å². The number of carbonyl (C=O) groups excluding carboxylic acids is 1. The fourth-order valence-electron chi connectivity index (χ4n) is 1.67. The van der Waals surface area contributed by atoms with Gasteiger partial charge in [0.1, 0.15) is 17.6 Å². The number of aliphatic carboxylic acids is 1. The van der Waals surface area contributed by atoms with Crippen LogP contribution in [0.2, 0.25) is 0 Å². The SMILES string of the molecule is CSCCC(NC(=O)C(C)(C)Oc1ccc(F)cc1)C(=O)O. The molecule has 0 fully saturated rings. The molecule has 1 aromatic rings. The van der Waals surface area contributed by atoms with Gasteiger partial charge in [-0.15, -0.1) is 0 Å². The Labute approximate surface area is 133 Å². The lowest BCUT2D eigenvalue weighted by Gasteiger charge is -2.27. The van der Waals surface area contributed by atoms with E-state index in [0.29, 0.717) is 17.9 Å². The average molecular weight is 329 g/mol. The zero-order chi connectivity index (χ0) is 16.8. The topological polar surface area (TPSA) is 75.6 Å². The number of halogens is 1. The van der Waals surface area contributed by atoms with Gasteiger partial charge in [-0.05, 0) is 56.5 Å². The third-order valence-corrected chi connectivity index (χ3v) is 3.59. The minimum Gasteiger partial charge on any atom is -0.480 e. The first-order chi connectivity index (χ1) is 10.3. The van der Waals surface area contributed by atoms with E-state index in [1.165, 1.54) is 49.9 Å². The van der Waals surface area contributed by atoms with Crippen LogP contribution < -0.4 is 10.1 Å². The van der Waals surface area contributed by atoms with Crippen LogP contribution in [0.5, 0.6) is 5.75 Å². The standard InChI is InChI=1S/C15H20FNO4S/c1-15(2,21-11-6-4-10(16)5-7-11)14(20)17-12(13(18)19)8-9-22-3/h4-7,12H,8-9H2,1-3H3,(H,17,20)(H,18,19). The number of thioether (sulfide) groups is 1. The highest BCUT2D eigenvalue weighted by atomic mass is 32.2. The molecule has 7 heteroatoms. The van der Waals surface area contributed by atoms with Crippen molar-refractivity contribution in [1.82, 2.24) is 5.32 Å². The summed E-state index contributed by atoms with van der Waals surface area (Å²) in [5.41, 5.74) is -1.27. The van der Waals surface area contributed by atoms with Crippen molar-refractivity contribution in [2.24, 2.45) is 0 Å². The van der Waals surface area contributed by atoms with Crippen LogP contribution in [-0.2, 0) is 9.59 Å². The van der Waals surface area contributed by atoms with Crippen molar-refractivity contribution in [3.8, 4) is 5.75 Å². The molecule has 0 spiro atoms. The van der Waals surface area contributed by atoms with Crippen molar-refractivity contribution in [2.75, 3.05) is 12.0 Å². The zero-order valence-corrected chi connectivity index (χ0v) is 13.6. The number of hydrogen-bond acceptors (Lipinski definition) is 4. The normalized spacial score (nSPS) is 12.5. The molecule has 0 saturated carbocycles. The lowest BCUT2D eigenvalue weighted by Crippen LogP contribution is -2.52. The average Bonchev–Trinajstić information content (AvgIpc) is 2.45. The minimum atomic E-state index is -1.27. The Morgan fingerprint density at radius 2 is 1.95 bits per heavy atom. The Morgan fingerprint density at radius 3 is 2.45 bits per heavy atom. The number of carboxylic acids is 1. The summed E-state index contributed by atoms with van der Waals surface area (Å²) in [6, 6.07) is 4.31. The molecule has 0 bridgehead atoms. The molecule has 22 heavy (non-hydrogen) atoms. The molecule has 0 radical (unpaired) electrons. The first kappa shape index (κ1) is 18.3. The molecule has 0 heterocycles. The molecule has 0 aliphatic heterocycles. The van der Waals surface area contributed by atoms with Gasteiger partial charge in [-0.2, -0.15) is 11.8 Å². The number of carbonyl (C=O) groups is 2. The van der Waals surface area contributed by atoms with Gasteiger partial charge in [0.2, 0.25) is 0 Å². The maximum atomic E-state index is 12.9. The lowest BCUT2D eigenvalue weighted by molar-refractivity contribution is -0.145. The largest absolute Gasteiger partial charge is 0.480 e. The highest BCUT2D eigenvalue weighted by molar-refractivity contribution is 7.98. The van der Waals surface area contributed by atoms with Gasteiger partial charge in [-0.25, -0.2) is 9.18 Å². The first-order valence-electron chi connectivity index (χ1n) is 6.73. The van der Waals surface area contributed by atoms with Crippen LogP contribution in [0.25, 0.3) is 0 Å². The minimum absolute atomic E-state index is 0.328. The van der Waals surface area contributed by atoms with Crippen molar-refractivity contribution in [2.45, 2.75) is 31.9 Å². The van der Waals surface area contributed by atoms with E-state index in [0.717, 1.165) is 0 Å². The molecule has 0 aliphatic rings. The van der Waals surface area contributed by atoms with Crippen molar-refractivity contribution < 1.29 is 23.8 Å². The Morgan fingerprint density at radius 1 is 1.36 bits per heavy atom. The van der Waals surface area contributed by atoms with Crippen LogP contribution >= 0.6 is 11.8 Å². The van der Waals surface area contributed by atoms with Crippen molar-refractivity contribution >= 4 is 23.6 Å². The molecule has 0 saturated heterocycles. The van der Waals surface area contributed by atoms with E-state index in [1.54, 1.807) is 0 Å². The van der Waals surface area contributed by atoms with Crippen LogP contribution in [-0.4, -0.2) is 40.6 Å². The molecule has 1 amide bonds. The van der Waals surface area contributed by atoms with Gasteiger partial charge >= 0.3 is 5.97 Å². The van der Waals surface area contributed by atoms with E-state index in [2.05, 4.69) is 5.32 Å². The van der Waals surface area contributed by atoms with Crippen LogP contribution in [0.4, 0.5) is 4.39 Å². The molecule has 5 nitrogen and oxygen atoms in total. The molecule has 0 aromatic heterocycles. The Balaban J connectivity index is 2.71. The number of nitrogens with one attached hydrogen (secondary N) is 1. The Kier molecular flexibility index (Phi) is 6.67. The number of rotatable bonds is 8. The van der Waals surface area contributed by atoms with Gasteiger partial charge in [0.25, 0.3) is 5.91 Å². The second kappa shape index (κ2) is 8.03. The third kappa shape index (κ3) is 5.55. The molecule has 1 atom stereocenters. The number of amides is 1. The van der Waals surface area contributed by atoms with Gasteiger partial charge in [0.15, 0.2) is 5.60 Å². The summed E-state index contributed by atoms with van der Waals surface area (Å²) in [7, 11) is 0. The maximum absolute atomic E-state index is 12.9. The smallest absolute Gasteiger partial charge is 0.326 e. The first-order valence-corrected chi connectivity index (χ1v) is 8.13. The summed E-state index contributed by atoms with van der Waals surface area (Å²) in [6.07, 6.45) is 2.19. The summed E-state index contributed by atoms with van der Waals surface area (Å²) in [4.78, 5) is 23.4. The van der Waals surface area contributed by atoms with E-state index in [-0.39, 0.29) is 0 Å². The predicted octanol–water partition coefficient (Wildman–Crippen LogP) is 2.31. The molecule has 1 aromatic carbocycles. The second-order valence-electron chi connectivity index (χ2n) is 5.21. The van der Waals surface area contributed by atoms with Crippen LogP contribution in [0.15, 0.2) is 24.3 Å². The van der Waals surface area contributed by atoms with E-state index in [4.69, 9.17) is 9.84 Å². The van der Waals surface area contributed by atoms with Crippen LogP contribution in [0.1, 0.15) is 20.3 Å². The fourth-order valence-corrected chi connectivity index (χ4v) is 2.14. The fraction of sp³-hybridized carbons (Fsp3) is 0.467. The number of carboxylic acid groups (broad SMARTS) is 1. The van der Waals surface area contributed by atoms with E-state index in [9.17, 15) is 14.0 Å².